The molecule has 3 heterocycles. The van der Waals surface area contributed by atoms with Crippen LogP contribution in [0.4, 0.5) is 34.1 Å². The Hall–Kier alpha value is -4.80. The molecule has 2 aliphatic carbocycles. The molecule has 0 fully saturated rings. The predicted octanol–water partition coefficient (Wildman–Crippen LogP) is 14.4. The summed E-state index contributed by atoms with van der Waals surface area (Å²) in [6.45, 7) is 26.0. The van der Waals surface area contributed by atoms with E-state index in [0.717, 1.165) is 53.4 Å². The molecule has 0 radical (unpaired) electrons. The van der Waals surface area contributed by atoms with Crippen LogP contribution in [0.3, 0.4) is 0 Å². The third-order valence-corrected chi connectivity index (χ3v) is 16.7. The Morgan fingerprint density at radius 2 is 1.16 bits per heavy atom. The highest BCUT2D eigenvalue weighted by atomic mass is 32.1. The van der Waals surface area contributed by atoms with Crippen molar-refractivity contribution < 1.29 is 4.11 Å². The summed E-state index contributed by atoms with van der Waals surface area (Å²) in [5.41, 5.74) is 18.5. The highest BCUT2D eigenvalue weighted by molar-refractivity contribution is 7.26. The molecule has 0 bridgehead atoms. The van der Waals surface area contributed by atoms with E-state index >= 15 is 0 Å². The number of fused-ring (bicyclic) bond motifs is 9. The molecule has 61 heavy (non-hydrogen) atoms. The first-order valence-electron chi connectivity index (χ1n) is 24.1. The van der Waals surface area contributed by atoms with Crippen LogP contribution in [-0.2, 0) is 27.1 Å². The van der Waals surface area contributed by atoms with Crippen LogP contribution >= 0.6 is 11.3 Å². The van der Waals surface area contributed by atoms with E-state index in [1.54, 1.807) is 0 Å². The maximum Gasteiger partial charge on any atom is 0.252 e. The molecule has 0 unspecified atom stereocenters. The lowest BCUT2D eigenvalue weighted by molar-refractivity contribution is 0.332. The minimum atomic E-state index is -2.35. The first-order chi connectivity index (χ1) is 29.9. The molecular formula is C57H61BN2S. The smallest absolute Gasteiger partial charge is 0.252 e. The summed E-state index contributed by atoms with van der Waals surface area (Å²) in [6.07, 6.45) is 3.31. The fourth-order valence-corrected chi connectivity index (χ4v) is 13.5. The van der Waals surface area contributed by atoms with E-state index in [-0.39, 0.29) is 33.8 Å². The van der Waals surface area contributed by atoms with E-state index < -0.39 is 6.85 Å². The largest absolute Gasteiger partial charge is 0.311 e. The van der Waals surface area contributed by atoms with E-state index in [4.69, 9.17) is 4.11 Å². The molecule has 0 saturated heterocycles. The van der Waals surface area contributed by atoms with Crippen LogP contribution in [-0.4, -0.2) is 6.71 Å². The summed E-state index contributed by atoms with van der Waals surface area (Å²) in [5, 5.41) is 2.47. The molecule has 0 amide bonds. The first kappa shape index (κ1) is 35.8. The van der Waals surface area contributed by atoms with Gasteiger partial charge in [0.05, 0.1) is 10.4 Å². The number of benzene rings is 6. The molecule has 0 spiro atoms. The monoisotopic (exact) mass is 819 g/mol. The Balaban J connectivity index is 1.31. The minimum Gasteiger partial charge on any atom is -0.311 e. The second kappa shape index (κ2) is 12.4. The number of hydrogen-bond donors (Lipinski definition) is 0. The van der Waals surface area contributed by atoms with Gasteiger partial charge in [0.2, 0.25) is 0 Å². The van der Waals surface area contributed by atoms with Gasteiger partial charge in [-0.3, -0.25) is 0 Å². The molecule has 7 aromatic rings. The first-order valence-corrected chi connectivity index (χ1v) is 23.4. The van der Waals surface area contributed by atoms with Gasteiger partial charge in [-0.15, -0.1) is 11.3 Å². The molecule has 6 aromatic carbocycles. The average Bonchev–Trinajstić information content (AvgIpc) is 3.68. The highest BCUT2D eigenvalue weighted by Crippen LogP contribution is 2.55. The average molecular weight is 820 g/mol. The van der Waals surface area contributed by atoms with Gasteiger partial charge in [-0.25, -0.2) is 0 Å². The number of nitrogens with zero attached hydrogens (tertiary/aromatic N) is 2. The molecule has 4 aliphatic rings. The second-order valence-electron chi connectivity index (χ2n) is 22.7. The molecule has 1 aromatic heterocycles. The van der Waals surface area contributed by atoms with Gasteiger partial charge in [-0.1, -0.05) is 131 Å². The van der Waals surface area contributed by atoms with Crippen LogP contribution in [0.5, 0.6) is 0 Å². The normalized spacial score (nSPS) is 19.7. The molecule has 0 N–H and O–H groups in total. The number of rotatable bonds is 2. The zero-order valence-electron chi connectivity index (χ0n) is 41.2. The summed E-state index contributed by atoms with van der Waals surface area (Å²) >= 11 is 1.83. The standard InChI is InChI=1S/C57H61BN2S/c1-33-25-48-51-49(26-33)60(45-19-16-18-37-36-17-14-15-20-50(36)61-52(37)45)47-31-41-39(56(10,11)32-57(41,12)13)29-43(47)58(51)42-28-35(53(3,4)5)21-22-44(42)59(48)46-30-40-38(27-34(46)2)54(6,7)23-24-55(40,8)9/h14-22,25-31H,23-24,32H2,1-13H3/i1D3. The zero-order valence-corrected chi connectivity index (χ0v) is 39.1. The third-order valence-electron chi connectivity index (χ3n) is 15.4. The van der Waals surface area contributed by atoms with Gasteiger partial charge in [0.1, 0.15) is 0 Å². The lowest BCUT2D eigenvalue weighted by Crippen LogP contribution is -2.61. The van der Waals surface area contributed by atoms with Crippen LogP contribution < -0.4 is 26.2 Å². The summed E-state index contributed by atoms with van der Waals surface area (Å²) in [6, 6.07) is 36.7. The Labute approximate surface area is 373 Å². The highest BCUT2D eigenvalue weighted by Gasteiger charge is 2.49. The van der Waals surface area contributed by atoms with Gasteiger partial charge >= 0.3 is 0 Å². The molecule has 308 valence electrons. The van der Waals surface area contributed by atoms with Crippen LogP contribution in [0.1, 0.15) is 138 Å². The number of anilines is 6. The zero-order chi connectivity index (χ0) is 45.4. The maximum atomic E-state index is 9.12. The topological polar surface area (TPSA) is 6.48 Å². The molecule has 2 nitrogen and oxygen atoms in total. The Morgan fingerprint density at radius 3 is 1.85 bits per heavy atom. The van der Waals surface area contributed by atoms with Crippen molar-refractivity contribution in [2.45, 2.75) is 136 Å². The lowest BCUT2D eigenvalue weighted by atomic mass is 9.33. The van der Waals surface area contributed by atoms with Crippen molar-refractivity contribution in [3.63, 3.8) is 0 Å². The van der Waals surface area contributed by atoms with Crippen molar-refractivity contribution in [2.75, 3.05) is 9.80 Å². The maximum absolute atomic E-state index is 9.12. The molecule has 0 saturated carbocycles. The summed E-state index contributed by atoms with van der Waals surface area (Å²) in [7, 11) is 0. The predicted molar refractivity (Wildman–Crippen MR) is 267 cm³/mol. The quantitative estimate of drug-likeness (QED) is 0.160. The molecule has 2 aliphatic heterocycles. The van der Waals surface area contributed by atoms with Crippen molar-refractivity contribution in [1.29, 1.82) is 0 Å². The van der Waals surface area contributed by atoms with Crippen molar-refractivity contribution in [2.24, 2.45) is 0 Å². The third kappa shape index (κ3) is 5.52. The van der Waals surface area contributed by atoms with Gasteiger partial charge < -0.3 is 9.80 Å². The lowest BCUT2D eigenvalue weighted by Gasteiger charge is -2.46. The van der Waals surface area contributed by atoms with E-state index in [0.29, 0.717) is 5.56 Å². The fourth-order valence-electron chi connectivity index (χ4n) is 12.3. The van der Waals surface area contributed by atoms with Gasteiger partial charge in [-0.2, -0.15) is 0 Å². The SMILES string of the molecule is [2H]C([2H])([2H])c1cc2c3c(c1)N(c1cccc4c1sc1ccccc14)c1cc4c(cc1B3c1cc(C(C)(C)C)ccc1N2c1cc2c(cc1C)C(C)(C)CCC2(C)C)C(C)(C)CC4(C)C. The van der Waals surface area contributed by atoms with Crippen molar-refractivity contribution in [3.8, 4) is 0 Å². The van der Waals surface area contributed by atoms with Gasteiger partial charge in [0, 0.05) is 48.0 Å². The summed E-state index contributed by atoms with van der Waals surface area (Å²) in [4.78, 5) is 4.94. The molecule has 11 rings (SSSR count). The molecule has 4 heteroatoms. The van der Waals surface area contributed by atoms with Gasteiger partial charge in [-0.05, 0) is 158 Å². The van der Waals surface area contributed by atoms with E-state index in [9.17, 15) is 0 Å². The van der Waals surface area contributed by atoms with E-state index in [2.05, 4.69) is 178 Å². The van der Waals surface area contributed by atoms with Gasteiger partial charge in [0.15, 0.2) is 0 Å². The van der Waals surface area contributed by atoms with Crippen molar-refractivity contribution in [1.82, 2.24) is 0 Å². The number of hydrogen-bond acceptors (Lipinski definition) is 3. The minimum absolute atomic E-state index is 0.00978. The summed E-state index contributed by atoms with van der Waals surface area (Å²) < 4.78 is 29.8. The van der Waals surface area contributed by atoms with Crippen LogP contribution in [0.2, 0.25) is 0 Å². The summed E-state index contributed by atoms with van der Waals surface area (Å²) in [5.74, 6) is 0. The molecule has 0 atom stereocenters. The Morgan fingerprint density at radius 1 is 0.574 bits per heavy atom. The number of aryl methyl sites for hydroxylation is 2. The molecular weight excluding hydrogens is 756 g/mol. The van der Waals surface area contributed by atoms with Crippen molar-refractivity contribution in [3.05, 3.63) is 136 Å². The van der Waals surface area contributed by atoms with Gasteiger partial charge in [0.25, 0.3) is 6.71 Å². The van der Waals surface area contributed by atoms with Crippen LogP contribution in [0.25, 0.3) is 20.2 Å². The fraction of sp³-hybridized carbons (Fsp3) is 0.368. The van der Waals surface area contributed by atoms with Crippen molar-refractivity contribution >= 4 is 88.7 Å². The second-order valence-corrected chi connectivity index (χ2v) is 23.7. The van der Waals surface area contributed by atoms with Crippen LogP contribution in [0.15, 0.2) is 97.1 Å². The Bertz CT molecular complexity index is 3160. The van der Waals surface area contributed by atoms with E-state index in [1.165, 1.54) is 69.9 Å². The number of thiophene rings is 1. The Kier molecular flexibility index (Phi) is 7.29. The van der Waals surface area contributed by atoms with Crippen LogP contribution in [0, 0.1) is 13.8 Å². The van der Waals surface area contributed by atoms with E-state index in [1.807, 2.05) is 23.5 Å².